The van der Waals surface area contributed by atoms with Crippen molar-refractivity contribution in [2.24, 2.45) is 0 Å². The standard InChI is InChI=1S/C16H16N2O4S2/c1-9-11(14(19)21-2)13(24-12(9)15(20)22-3)18-16(23)17-10-7-5-4-6-8-10/h4-8H,1-3H3,(H2,17,18,23). The first-order chi connectivity index (χ1) is 11.5. The number of thiophene rings is 1. The van der Waals surface area contributed by atoms with Crippen LogP contribution in [0.25, 0.3) is 0 Å². The van der Waals surface area contributed by atoms with Gasteiger partial charge in [-0.05, 0) is 36.8 Å². The molecule has 0 fully saturated rings. The summed E-state index contributed by atoms with van der Waals surface area (Å²) in [5, 5.41) is 6.67. The summed E-state index contributed by atoms with van der Waals surface area (Å²) in [5.41, 5.74) is 1.56. The Balaban J connectivity index is 2.29. The number of hydrogen-bond acceptors (Lipinski definition) is 6. The van der Waals surface area contributed by atoms with Crippen LogP contribution >= 0.6 is 23.6 Å². The second-order valence-electron chi connectivity index (χ2n) is 4.69. The van der Waals surface area contributed by atoms with Crippen LogP contribution in [-0.4, -0.2) is 31.3 Å². The van der Waals surface area contributed by atoms with E-state index in [1.54, 1.807) is 6.92 Å². The van der Waals surface area contributed by atoms with Crippen molar-refractivity contribution in [3.05, 3.63) is 46.3 Å². The lowest BCUT2D eigenvalue weighted by molar-refractivity contribution is 0.0601. The van der Waals surface area contributed by atoms with Gasteiger partial charge in [0.2, 0.25) is 0 Å². The molecule has 0 amide bonds. The van der Waals surface area contributed by atoms with E-state index in [0.717, 1.165) is 17.0 Å². The number of para-hydroxylation sites is 1. The Morgan fingerprint density at radius 3 is 2.25 bits per heavy atom. The largest absolute Gasteiger partial charge is 0.465 e. The van der Waals surface area contributed by atoms with Crippen molar-refractivity contribution in [3.8, 4) is 0 Å². The maximum absolute atomic E-state index is 12.0. The van der Waals surface area contributed by atoms with Crippen LogP contribution in [-0.2, 0) is 9.47 Å². The van der Waals surface area contributed by atoms with Crippen molar-refractivity contribution in [3.63, 3.8) is 0 Å². The Kier molecular flexibility index (Phi) is 5.88. The lowest BCUT2D eigenvalue weighted by atomic mass is 10.1. The third-order valence-corrected chi connectivity index (χ3v) is 4.56. The Bertz CT molecular complexity index is 772. The van der Waals surface area contributed by atoms with E-state index in [2.05, 4.69) is 10.6 Å². The predicted molar refractivity (Wildman–Crippen MR) is 98.0 cm³/mol. The number of carbonyl (C=O) groups is 2. The molecule has 2 aromatic rings. The van der Waals surface area contributed by atoms with Gasteiger partial charge in [0, 0.05) is 5.69 Å². The first-order valence-corrected chi connectivity index (χ1v) is 8.13. The quantitative estimate of drug-likeness (QED) is 0.636. The van der Waals surface area contributed by atoms with Crippen LogP contribution < -0.4 is 10.6 Å². The fourth-order valence-electron chi connectivity index (χ4n) is 2.02. The summed E-state index contributed by atoms with van der Waals surface area (Å²) in [7, 11) is 2.57. The maximum Gasteiger partial charge on any atom is 0.348 e. The molecule has 0 unspecified atom stereocenters. The molecular weight excluding hydrogens is 348 g/mol. The number of thiocarbonyl (C=S) groups is 1. The third-order valence-electron chi connectivity index (χ3n) is 3.17. The summed E-state index contributed by atoms with van der Waals surface area (Å²) >= 11 is 6.35. The lowest BCUT2D eigenvalue weighted by Gasteiger charge is -2.10. The van der Waals surface area contributed by atoms with E-state index in [1.165, 1.54) is 14.2 Å². The van der Waals surface area contributed by atoms with Crippen molar-refractivity contribution in [1.29, 1.82) is 0 Å². The predicted octanol–water partition coefficient (Wildman–Crippen LogP) is 3.44. The molecule has 24 heavy (non-hydrogen) atoms. The topological polar surface area (TPSA) is 76.7 Å². The van der Waals surface area contributed by atoms with Crippen LogP contribution in [0.2, 0.25) is 0 Å². The average Bonchev–Trinajstić information content (AvgIpc) is 2.90. The number of hydrogen-bond donors (Lipinski definition) is 2. The molecule has 0 aliphatic heterocycles. The van der Waals surface area contributed by atoms with E-state index >= 15 is 0 Å². The number of carbonyl (C=O) groups excluding carboxylic acids is 2. The van der Waals surface area contributed by atoms with Crippen molar-refractivity contribution < 1.29 is 19.1 Å². The summed E-state index contributed by atoms with van der Waals surface area (Å²) in [4.78, 5) is 24.2. The third kappa shape index (κ3) is 3.90. The van der Waals surface area contributed by atoms with Gasteiger partial charge in [-0.1, -0.05) is 18.2 Å². The molecule has 0 spiro atoms. The zero-order valence-electron chi connectivity index (χ0n) is 13.3. The van der Waals surface area contributed by atoms with Gasteiger partial charge in [0.15, 0.2) is 5.11 Å². The zero-order chi connectivity index (χ0) is 17.7. The van der Waals surface area contributed by atoms with Gasteiger partial charge in [0.1, 0.15) is 9.88 Å². The lowest BCUT2D eigenvalue weighted by Crippen LogP contribution is -2.20. The fourth-order valence-corrected chi connectivity index (χ4v) is 3.43. The van der Waals surface area contributed by atoms with Gasteiger partial charge in [-0.15, -0.1) is 11.3 Å². The Morgan fingerprint density at radius 1 is 1.04 bits per heavy atom. The minimum atomic E-state index is -0.552. The van der Waals surface area contributed by atoms with Crippen LogP contribution in [0, 0.1) is 6.92 Å². The highest BCUT2D eigenvalue weighted by molar-refractivity contribution is 7.80. The molecule has 126 valence electrons. The number of methoxy groups -OCH3 is 2. The molecule has 8 heteroatoms. The molecule has 0 radical (unpaired) electrons. The van der Waals surface area contributed by atoms with E-state index in [0.29, 0.717) is 20.6 Å². The molecule has 2 N–H and O–H groups in total. The highest BCUT2D eigenvalue weighted by atomic mass is 32.1. The van der Waals surface area contributed by atoms with Gasteiger partial charge in [-0.2, -0.15) is 0 Å². The number of benzene rings is 1. The Labute approximate surface area is 148 Å². The molecule has 0 aliphatic carbocycles. The molecule has 0 saturated heterocycles. The van der Waals surface area contributed by atoms with Crippen LogP contribution in [0.4, 0.5) is 10.7 Å². The monoisotopic (exact) mass is 364 g/mol. The van der Waals surface area contributed by atoms with Gasteiger partial charge >= 0.3 is 11.9 Å². The number of nitrogens with one attached hydrogen (secondary N) is 2. The van der Waals surface area contributed by atoms with Gasteiger partial charge < -0.3 is 20.1 Å². The van der Waals surface area contributed by atoms with Gasteiger partial charge in [-0.25, -0.2) is 9.59 Å². The van der Waals surface area contributed by atoms with Gasteiger partial charge in [-0.3, -0.25) is 0 Å². The van der Waals surface area contributed by atoms with Crippen LogP contribution in [0.3, 0.4) is 0 Å². The van der Waals surface area contributed by atoms with E-state index < -0.39 is 11.9 Å². The van der Waals surface area contributed by atoms with Crippen molar-refractivity contribution in [2.45, 2.75) is 6.92 Å². The van der Waals surface area contributed by atoms with Gasteiger partial charge in [0.05, 0.1) is 19.8 Å². The highest BCUT2D eigenvalue weighted by Crippen LogP contribution is 2.34. The summed E-state index contributed by atoms with van der Waals surface area (Å²) < 4.78 is 9.54. The van der Waals surface area contributed by atoms with E-state index in [9.17, 15) is 9.59 Å². The number of esters is 2. The molecular formula is C16H16N2O4S2. The second-order valence-corrected chi connectivity index (χ2v) is 6.12. The molecule has 2 rings (SSSR count). The minimum Gasteiger partial charge on any atom is -0.465 e. The van der Waals surface area contributed by atoms with Gasteiger partial charge in [0.25, 0.3) is 0 Å². The smallest absolute Gasteiger partial charge is 0.348 e. The van der Waals surface area contributed by atoms with Crippen molar-refractivity contribution >= 4 is 51.3 Å². The van der Waals surface area contributed by atoms with E-state index in [1.807, 2.05) is 30.3 Å². The Morgan fingerprint density at radius 2 is 1.67 bits per heavy atom. The van der Waals surface area contributed by atoms with E-state index in [4.69, 9.17) is 21.7 Å². The van der Waals surface area contributed by atoms with Crippen molar-refractivity contribution in [1.82, 2.24) is 0 Å². The SMILES string of the molecule is COC(=O)c1sc(NC(=S)Nc2ccccc2)c(C(=O)OC)c1C. The summed E-state index contributed by atoms with van der Waals surface area (Å²) in [6.07, 6.45) is 0. The molecule has 0 bridgehead atoms. The summed E-state index contributed by atoms with van der Waals surface area (Å²) in [6.45, 7) is 1.66. The summed E-state index contributed by atoms with van der Waals surface area (Å²) in [5.74, 6) is -1.07. The molecule has 1 heterocycles. The normalized spacial score (nSPS) is 9.96. The van der Waals surface area contributed by atoms with Crippen LogP contribution in [0.15, 0.2) is 30.3 Å². The summed E-state index contributed by atoms with van der Waals surface area (Å²) in [6, 6.07) is 9.34. The molecule has 1 aromatic heterocycles. The number of ether oxygens (including phenoxy) is 2. The Hall–Kier alpha value is -2.45. The van der Waals surface area contributed by atoms with Crippen molar-refractivity contribution in [2.75, 3.05) is 24.9 Å². The molecule has 0 saturated carbocycles. The zero-order valence-corrected chi connectivity index (χ0v) is 15.0. The fraction of sp³-hybridized carbons (Fsp3) is 0.188. The first kappa shape index (κ1) is 17.9. The molecule has 6 nitrogen and oxygen atoms in total. The maximum atomic E-state index is 12.0. The minimum absolute atomic E-state index is 0.264. The first-order valence-electron chi connectivity index (χ1n) is 6.91. The molecule has 0 aliphatic rings. The molecule has 1 aromatic carbocycles. The molecule has 0 atom stereocenters. The highest BCUT2D eigenvalue weighted by Gasteiger charge is 2.26. The van der Waals surface area contributed by atoms with Crippen LogP contribution in [0.1, 0.15) is 25.6 Å². The van der Waals surface area contributed by atoms with E-state index in [-0.39, 0.29) is 5.56 Å². The second kappa shape index (κ2) is 7.89. The van der Waals surface area contributed by atoms with Crippen LogP contribution in [0.5, 0.6) is 0 Å². The number of rotatable bonds is 4. The number of anilines is 2. The average molecular weight is 364 g/mol.